The molecule has 0 bridgehead atoms. The summed E-state index contributed by atoms with van der Waals surface area (Å²) in [6.07, 6.45) is 1.80. The maximum absolute atomic E-state index is 13.2. The molecule has 0 aromatic heterocycles. The molecular weight excluding hydrogens is 404 g/mol. The molecule has 1 fully saturated rings. The molecule has 7 heteroatoms. The van der Waals surface area contributed by atoms with E-state index < -0.39 is 12.0 Å². The average Bonchev–Trinajstić information content (AvgIpc) is 2.97. The standard InChI is InChI=1S/C22H22N2O3S2/c1-4-27-21(26)19(16-8-6-5-7-9-16)24-20(25)18(29-22(24)28)14-15-10-12-17(13-11-15)23(2)3/h5-14,19H,4H2,1-3H3/b18-14+. The molecule has 1 heterocycles. The van der Waals surface area contributed by atoms with Gasteiger partial charge in [-0.05, 0) is 36.3 Å². The molecule has 1 aliphatic heterocycles. The molecule has 1 saturated heterocycles. The lowest BCUT2D eigenvalue weighted by Crippen LogP contribution is -2.38. The molecule has 0 spiro atoms. The number of thioether (sulfide) groups is 1. The zero-order valence-corrected chi connectivity index (χ0v) is 18.1. The van der Waals surface area contributed by atoms with Gasteiger partial charge in [-0.3, -0.25) is 9.69 Å². The molecule has 29 heavy (non-hydrogen) atoms. The Balaban J connectivity index is 1.92. The highest BCUT2D eigenvalue weighted by Crippen LogP contribution is 2.38. The second kappa shape index (κ2) is 9.24. The maximum Gasteiger partial charge on any atom is 0.333 e. The van der Waals surface area contributed by atoms with Crippen molar-refractivity contribution in [1.82, 2.24) is 4.90 Å². The van der Waals surface area contributed by atoms with E-state index in [2.05, 4.69) is 0 Å². The van der Waals surface area contributed by atoms with Gasteiger partial charge in [0.25, 0.3) is 5.91 Å². The Hall–Kier alpha value is -2.64. The number of nitrogens with zero attached hydrogens (tertiary/aromatic N) is 2. The van der Waals surface area contributed by atoms with Gasteiger partial charge in [0.05, 0.1) is 11.5 Å². The van der Waals surface area contributed by atoms with Gasteiger partial charge in [-0.25, -0.2) is 4.79 Å². The number of benzene rings is 2. The number of ether oxygens (including phenoxy) is 1. The van der Waals surface area contributed by atoms with Crippen LogP contribution in [0.25, 0.3) is 6.08 Å². The van der Waals surface area contributed by atoms with Crippen LogP contribution in [0.4, 0.5) is 5.69 Å². The van der Waals surface area contributed by atoms with Crippen molar-refractivity contribution in [3.63, 3.8) is 0 Å². The van der Waals surface area contributed by atoms with Gasteiger partial charge in [0.1, 0.15) is 4.32 Å². The molecule has 1 unspecified atom stereocenters. The summed E-state index contributed by atoms with van der Waals surface area (Å²) in [6.45, 7) is 1.96. The smallest absolute Gasteiger partial charge is 0.333 e. The molecule has 3 rings (SSSR count). The van der Waals surface area contributed by atoms with Crippen LogP contribution in [0.5, 0.6) is 0 Å². The lowest BCUT2D eigenvalue weighted by Gasteiger charge is -2.25. The minimum Gasteiger partial charge on any atom is -0.464 e. The van der Waals surface area contributed by atoms with E-state index in [4.69, 9.17) is 17.0 Å². The highest BCUT2D eigenvalue weighted by Gasteiger charge is 2.42. The van der Waals surface area contributed by atoms with E-state index in [1.165, 1.54) is 16.7 Å². The molecule has 0 aliphatic carbocycles. The summed E-state index contributed by atoms with van der Waals surface area (Å²) in [5.74, 6) is -0.787. The van der Waals surface area contributed by atoms with Crippen molar-refractivity contribution in [1.29, 1.82) is 0 Å². The van der Waals surface area contributed by atoms with Crippen LogP contribution in [0.15, 0.2) is 59.5 Å². The Labute approximate surface area is 180 Å². The van der Waals surface area contributed by atoms with Gasteiger partial charge in [0, 0.05) is 19.8 Å². The summed E-state index contributed by atoms with van der Waals surface area (Å²) < 4.78 is 5.57. The third kappa shape index (κ3) is 4.68. The topological polar surface area (TPSA) is 49.9 Å². The summed E-state index contributed by atoms with van der Waals surface area (Å²) in [5.41, 5.74) is 2.63. The highest BCUT2D eigenvalue weighted by atomic mass is 32.2. The zero-order valence-electron chi connectivity index (χ0n) is 16.5. The van der Waals surface area contributed by atoms with Crippen molar-refractivity contribution in [2.75, 3.05) is 25.6 Å². The Morgan fingerprint density at radius 1 is 1.17 bits per heavy atom. The van der Waals surface area contributed by atoms with Crippen LogP contribution in [-0.4, -0.2) is 41.8 Å². The van der Waals surface area contributed by atoms with E-state index in [-0.39, 0.29) is 12.5 Å². The fraction of sp³-hybridized carbons (Fsp3) is 0.227. The number of esters is 1. The molecule has 150 valence electrons. The zero-order chi connectivity index (χ0) is 21.0. The number of carbonyl (C=O) groups excluding carboxylic acids is 2. The second-order valence-corrected chi connectivity index (χ2v) is 8.28. The molecule has 1 aliphatic rings. The largest absolute Gasteiger partial charge is 0.464 e. The van der Waals surface area contributed by atoms with Crippen molar-refractivity contribution in [3.8, 4) is 0 Å². The van der Waals surface area contributed by atoms with Gasteiger partial charge < -0.3 is 9.64 Å². The molecule has 0 N–H and O–H groups in total. The van der Waals surface area contributed by atoms with E-state index in [1.54, 1.807) is 25.1 Å². The van der Waals surface area contributed by atoms with Crippen LogP contribution < -0.4 is 4.90 Å². The minimum absolute atomic E-state index is 0.227. The number of anilines is 1. The second-order valence-electron chi connectivity index (χ2n) is 6.60. The van der Waals surface area contributed by atoms with Crippen LogP contribution in [0.2, 0.25) is 0 Å². The highest BCUT2D eigenvalue weighted by molar-refractivity contribution is 8.26. The van der Waals surface area contributed by atoms with Gasteiger partial charge in [0.2, 0.25) is 0 Å². The van der Waals surface area contributed by atoms with Crippen LogP contribution in [0, 0.1) is 0 Å². The fourth-order valence-electron chi connectivity index (χ4n) is 2.97. The van der Waals surface area contributed by atoms with Crippen molar-refractivity contribution < 1.29 is 14.3 Å². The number of hydrogen-bond acceptors (Lipinski definition) is 6. The summed E-state index contributed by atoms with van der Waals surface area (Å²) in [6, 6.07) is 16.1. The summed E-state index contributed by atoms with van der Waals surface area (Å²) >= 11 is 6.65. The van der Waals surface area contributed by atoms with Crippen molar-refractivity contribution in [2.45, 2.75) is 13.0 Å². The molecular formula is C22H22N2O3S2. The first-order valence-corrected chi connectivity index (χ1v) is 10.4. The van der Waals surface area contributed by atoms with Gasteiger partial charge in [-0.1, -0.05) is 66.4 Å². The van der Waals surface area contributed by atoms with Crippen molar-refractivity contribution in [2.24, 2.45) is 0 Å². The monoisotopic (exact) mass is 426 g/mol. The Kier molecular flexibility index (Phi) is 6.71. The lowest BCUT2D eigenvalue weighted by atomic mass is 10.1. The average molecular weight is 427 g/mol. The third-order valence-corrected chi connectivity index (χ3v) is 5.74. The molecule has 0 radical (unpaired) electrons. The van der Waals surface area contributed by atoms with Gasteiger partial charge in [-0.15, -0.1) is 0 Å². The Bertz CT molecular complexity index is 940. The summed E-state index contributed by atoms with van der Waals surface area (Å²) in [5, 5.41) is 0. The number of thiocarbonyl (C=S) groups is 1. The third-order valence-electron chi connectivity index (χ3n) is 4.41. The number of carbonyl (C=O) groups is 2. The van der Waals surface area contributed by atoms with Crippen LogP contribution >= 0.6 is 24.0 Å². The van der Waals surface area contributed by atoms with Crippen molar-refractivity contribution >= 4 is 51.9 Å². The quantitative estimate of drug-likeness (QED) is 0.391. The first kappa shape index (κ1) is 21.1. The fourth-order valence-corrected chi connectivity index (χ4v) is 4.28. The van der Waals surface area contributed by atoms with Gasteiger partial charge >= 0.3 is 5.97 Å². The molecule has 5 nitrogen and oxygen atoms in total. The normalized spacial score (nSPS) is 16.2. The SMILES string of the molecule is CCOC(=O)C(c1ccccc1)N1C(=O)/C(=C\c2ccc(N(C)C)cc2)SC1=S. The number of amides is 1. The lowest BCUT2D eigenvalue weighted by molar-refractivity contribution is -0.151. The molecule has 2 aromatic rings. The summed E-state index contributed by atoms with van der Waals surface area (Å²) in [4.78, 5) is 29.7. The predicted molar refractivity (Wildman–Crippen MR) is 122 cm³/mol. The first-order chi connectivity index (χ1) is 13.9. The van der Waals surface area contributed by atoms with Crippen LogP contribution in [-0.2, 0) is 14.3 Å². The predicted octanol–water partition coefficient (Wildman–Crippen LogP) is 4.26. The Morgan fingerprint density at radius 2 is 1.83 bits per heavy atom. The van der Waals surface area contributed by atoms with Crippen molar-refractivity contribution in [3.05, 3.63) is 70.6 Å². The Morgan fingerprint density at radius 3 is 2.41 bits per heavy atom. The molecule has 0 saturated carbocycles. The van der Waals surface area contributed by atoms with E-state index in [0.717, 1.165) is 11.3 Å². The molecule has 1 amide bonds. The number of rotatable bonds is 6. The van der Waals surface area contributed by atoms with E-state index >= 15 is 0 Å². The van der Waals surface area contributed by atoms with E-state index in [9.17, 15) is 9.59 Å². The maximum atomic E-state index is 13.2. The van der Waals surface area contributed by atoms with Gasteiger partial charge in [0.15, 0.2) is 6.04 Å². The van der Waals surface area contributed by atoms with E-state index in [1.807, 2.05) is 61.5 Å². The minimum atomic E-state index is -0.898. The number of hydrogen-bond donors (Lipinski definition) is 0. The summed E-state index contributed by atoms with van der Waals surface area (Å²) in [7, 11) is 3.94. The molecule has 2 aromatic carbocycles. The van der Waals surface area contributed by atoms with E-state index in [0.29, 0.717) is 14.8 Å². The van der Waals surface area contributed by atoms with Gasteiger partial charge in [-0.2, -0.15) is 0 Å². The molecule has 1 atom stereocenters. The van der Waals surface area contributed by atoms with Crippen LogP contribution in [0.1, 0.15) is 24.1 Å². The van der Waals surface area contributed by atoms with Crippen LogP contribution in [0.3, 0.4) is 0 Å². The first-order valence-electron chi connectivity index (χ1n) is 9.18.